The molecule has 5 heteroatoms. The van der Waals surface area contributed by atoms with Gasteiger partial charge in [-0.3, -0.25) is 4.99 Å². The summed E-state index contributed by atoms with van der Waals surface area (Å²) in [6.07, 6.45) is 3.69. The molecule has 0 aliphatic carbocycles. The van der Waals surface area contributed by atoms with Gasteiger partial charge in [-0.25, -0.2) is 4.98 Å². The van der Waals surface area contributed by atoms with Crippen LogP contribution in [0.3, 0.4) is 0 Å². The van der Waals surface area contributed by atoms with Gasteiger partial charge in [0.25, 0.3) is 0 Å². The van der Waals surface area contributed by atoms with Gasteiger partial charge in [0, 0.05) is 5.22 Å². The minimum absolute atomic E-state index is 0.703. The van der Waals surface area contributed by atoms with Crippen LogP contribution in [-0.4, -0.2) is 26.9 Å². The van der Waals surface area contributed by atoms with E-state index in [1.807, 2.05) is 6.08 Å². The summed E-state index contributed by atoms with van der Waals surface area (Å²) in [6.45, 7) is 0.703. The van der Waals surface area contributed by atoms with Crippen molar-refractivity contribution in [2.75, 3.05) is 6.54 Å². The molecule has 2 aromatic rings. The third kappa shape index (κ3) is 0.578. The van der Waals surface area contributed by atoms with Gasteiger partial charge in [-0.2, -0.15) is 15.4 Å². The number of aromatic amines is 1. The van der Waals surface area contributed by atoms with Gasteiger partial charge in [0.15, 0.2) is 5.49 Å². The summed E-state index contributed by atoms with van der Waals surface area (Å²) in [5.41, 5.74) is 2.43. The molecule has 3 rings (SSSR count). The minimum atomic E-state index is 0.703. The van der Waals surface area contributed by atoms with E-state index in [9.17, 15) is 0 Å². The quantitative estimate of drug-likeness (QED) is 0.523. The number of aromatic nitrogens is 4. The molecule has 0 saturated carbocycles. The second kappa shape index (κ2) is 1.88. The molecule has 5 nitrogen and oxygen atoms in total. The van der Waals surface area contributed by atoms with E-state index in [1.54, 1.807) is 6.20 Å². The van der Waals surface area contributed by atoms with Crippen LogP contribution in [0.5, 0.6) is 0 Å². The van der Waals surface area contributed by atoms with Crippen LogP contribution in [-0.2, 0) is 0 Å². The van der Waals surface area contributed by atoms with Crippen molar-refractivity contribution in [3.63, 3.8) is 0 Å². The number of H-pyrrole nitrogens is 1. The van der Waals surface area contributed by atoms with E-state index in [1.165, 1.54) is 0 Å². The first kappa shape index (κ1) is 5.82. The maximum Gasteiger partial charge on any atom is 0.157 e. The molecule has 0 saturated heterocycles. The van der Waals surface area contributed by atoms with Gasteiger partial charge in [-0.15, -0.1) is 0 Å². The van der Waals surface area contributed by atoms with Gasteiger partial charge in [-0.1, -0.05) is 0 Å². The smallest absolute Gasteiger partial charge is 0.157 e. The zero-order valence-corrected chi connectivity index (χ0v) is 6.15. The van der Waals surface area contributed by atoms with Crippen LogP contribution in [0.25, 0.3) is 17.1 Å². The molecule has 0 aromatic carbocycles. The molecular formula is C7H5N5. The van der Waals surface area contributed by atoms with Crippen LogP contribution in [0.15, 0.2) is 11.2 Å². The highest BCUT2D eigenvalue weighted by molar-refractivity contribution is 5.73. The molecule has 1 N–H and O–H groups in total. The first-order valence-electron chi connectivity index (χ1n) is 3.65. The van der Waals surface area contributed by atoms with Crippen LogP contribution in [0.4, 0.5) is 0 Å². The Bertz CT molecular complexity index is 553. The zero-order chi connectivity index (χ0) is 7.97. The number of nitrogens with zero attached hydrogens (tertiary/aromatic N) is 4. The van der Waals surface area contributed by atoms with Gasteiger partial charge >= 0.3 is 0 Å². The predicted octanol–water partition coefficient (Wildman–Crippen LogP) is -1.23. The molecule has 1 aliphatic heterocycles. The van der Waals surface area contributed by atoms with Gasteiger partial charge in [0.05, 0.1) is 12.7 Å². The molecule has 0 bridgehead atoms. The molecule has 0 unspecified atom stereocenters. The van der Waals surface area contributed by atoms with E-state index >= 15 is 0 Å². The maximum atomic E-state index is 4.18. The molecule has 1 aliphatic rings. The molecule has 3 heterocycles. The molecule has 0 amide bonds. The van der Waals surface area contributed by atoms with Crippen molar-refractivity contribution in [3.8, 4) is 0 Å². The number of rotatable bonds is 0. The van der Waals surface area contributed by atoms with Crippen molar-refractivity contribution in [1.82, 2.24) is 20.4 Å². The Hall–Kier alpha value is -1.78. The van der Waals surface area contributed by atoms with Crippen LogP contribution >= 0.6 is 0 Å². The first-order valence-corrected chi connectivity index (χ1v) is 3.65. The average Bonchev–Trinajstić information content (AvgIpc) is 2.71. The van der Waals surface area contributed by atoms with Crippen molar-refractivity contribution in [2.45, 2.75) is 0 Å². The first-order chi connectivity index (χ1) is 5.95. The van der Waals surface area contributed by atoms with E-state index in [2.05, 4.69) is 25.4 Å². The van der Waals surface area contributed by atoms with Crippen LogP contribution in [0.1, 0.15) is 0 Å². The van der Waals surface area contributed by atoms with E-state index < -0.39 is 0 Å². The van der Waals surface area contributed by atoms with Crippen LogP contribution < -0.4 is 10.7 Å². The predicted molar refractivity (Wildman–Crippen MR) is 41.8 cm³/mol. The third-order valence-corrected chi connectivity index (χ3v) is 1.92. The Morgan fingerprint density at radius 2 is 2.33 bits per heavy atom. The summed E-state index contributed by atoms with van der Waals surface area (Å²) in [6, 6.07) is 0. The highest BCUT2D eigenvalue weighted by Gasteiger charge is 2.04. The molecule has 0 fully saturated rings. The Kier molecular flexibility index (Phi) is 0.910. The number of fused-ring (bicyclic) bond motifs is 3. The third-order valence-electron chi connectivity index (χ3n) is 1.92. The minimum Gasteiger partial charge on any atom is -0.262 e. The molecular weight excluding hydrogens is 154 g/mol. The lowest BCUT2D eigenvalue weighted by Gasteiger charge is -1.83. The van der Waals surface area contributed by atoms with Crippen molar-refractivity contribution in [2.24, 2.45) is 4.99 Å². The Balaban J connectivity index is 2.73. The highest BCUT2D eigenvalue weighted by Crippen LogP contribution is 1.96. The van der Waals surface area contributed by atoms with E-state index in [-0.39, 0.29) is 0 Å². The monoisotopic (exact) mass is 159 g/mol. The van der Waals surface area contributed by atoms with Crippen molar-refractivity contribution in [3.05, 3.63) is 16.9 Å². The lowest BCUT2D eigenvalue weighted by molar-refractivity contribution is 0.958. The summed E-state index contributed by atoms with van der Waals surface area (Å²) < 4.78 is 0. The van der Waals surface area contributed by atoms with E-state index in [0.29, 0.717) is 6.54 Å². The van der Waals surface area contributed by atoms with Crippen molar-refractivity contribution >= 4 is 17.1 Å². The summed E-state index contributed by atoms with van der Waals surface area (Å²) in [5.74, 6) is 0. The van der Waals surface area contributed by atoms with Gasteiger partial charge in [0.2, 0.25) is 0 Å². The van der Waals surface area contributed by atoms with Crippen molar-refractivity contribution in [1.29, 1.82) is 0 Å². The number of hydrogen-bond donors (Lipinski definition) is 1. The normalized spacial score (nSPS) is 14.0. The molecule has 0 radical (unpaired) electrons. The van der Waals surface area contributed by atoms with Gasteiger partial charge < -0.3 is 0 Å². The number of nitrogens with one attached hydrogen (secondary N) is 1. The van der Waals surface area contributed by atoms with Gasteiger partial charge in [-0.05, 0) is 6.08 Å². The molecule has 2 aromatic heterocycles. The highest BCUT2D eigenvalue weighted by atomic mass is 15.3. The summed E-state index contributed by atoms with van der Waals surface area (Å²) >= 11 is 0. The van der Waals surface area contributed by atoms with Crippen LogP contribution in [0.2, 0.25) is 0 Å². The fourth-order valence-corrected chi connectivity index (χ4v) is 1.36. The summed E-state index contributed by atoms with van der Waals surface area (Å²) in [5, 5.41) is 11.5. The molecule has 58 valence electrons. The lowest BCUT2D eigenvalue weighted by Crippen LogP contribution is -2.25. The molecule has 0 spiro atoms. The summed E-state index contributed by atoms with van der Waals surface area (Å²) in [7, 11) is 0. The maximum absolute atomic E-state index is 4.18. The number of hydrogen-bond acceptors (Lipinski definition) is 4. The SMILES string of the molecule is C1=c2c(ncc3n[nH]nc23)=NC1. The lowest BCUT2D eigenvalue weighted by atomic mass is 10.3. The number of pyridine rings is 1. The summed E-state index contributed by atoms with van der Waals surface area (Å²) in [4.78, 5) is 8.32. The average molecular weight is 159 g/mol. The van der Waals surface area contributed by atoms with Gasteiger partial charge in [0.1, 0.15) is 11.0 Å². The standard InChI is InChI=1S/C7H5N5/c1-2-8-7-4(1)6-5(3-9-7)10-12-11-6/h1,3H,2H2,(H,10,11,12). The fraction of sp³-hybridized carbons (Fsp3) is 0.143. The second-order valence-corrected chi connectivity index (χ2v) is 2.60. The van der Waals surface area contributed by atoms with E-state index in [0.717, 1.165) is 21.7 Å². The molecule has 0 atom stereocenters. The fourth-order valence-electron chi connectivity index (χ4n) is 1.36. The Labute approximate surface area is 66.8 Å². The van der Waals surface area contributed by atoms with Crippen LogP contribution in [0, 0.1) is 0 Å². The molecule has 12 heavy (non-hydrogen) atoms. The largest absolute Gasteiger partial charge is 0.262 e. The van der Waals surface area contributed by atoms with Crippen molar-refractivity contribution < 1.29 is 0 Å². The van der Waals surface area contributed by atoms with E-state index in [4.69, 9.17) is 0 Å². The zero-order valence-electron chi connectivity index (χ0n) is 6.15. The Morgan fingerprint density at radius 1 is 1.33 bits per heavy atom. The Morgan fingerprint density at radius 3 is 3.33 bits per heavy atom. The second-order valence-electron chi connectivity index (χ2n) is 2.60. The topological polar surface area (TPSA) is 66.8 Å².